The molecule has 25 heavy (non-hydrogen) atoms. The summed E-state index contributed by atoms with van der Waals surface area (Å²) in [6.07, 6.45) is 13.0. The summed E-state index contributed by atoms with van der Waals surface area (Å²) in [5.41, 5.74) is 4.95. The number of hydrazone groups is 1. The fraction of sp³-hybridized carbons (Fsp3) is 0.714. The maximum atomic E-state index is 12.5. The molecule has 1 N–H and O–H groups in total. The molecular formula is C21H32N2OS. The summed E-state index contributed by atoms with van der Waals surface area (Å²) in [7, 11) is 0. The molecule has 0 atom stereocenters. The second-order valence-electron chi connectivity index (χ2n) is 8.04. The van der Waals surface area contributed by atoms with Gasteiger partial charge in [0, 0.05) is 16.0 Å². The fourth-order valence-corrected chi connectivity index (χ4v) is 5.17. The van der Waals surface area contributed by atoms with Gasteiger partial charge in [-0.15, -0.1) is 11.3 Å². The third-order valence-electron chi connectivity index (χ3n) is 5.78. The molecule has 1 aromatic rings. The Labute approximate surface area is 156 Å². The normalized spacial score (nSPS) is 19.8. The molecule has 0 aliphatic heterocycles. The van der Waals surface area contributed by atoms with Crippen LogP contribution < -0.4 is 5.43 Å². The van der Waals surface area contributed by atoms with E-state index < -0.39 is 0 Å². The van der Waals surface area contributed by atoms with Crippen LogP contribution in [0.2, 0.25) is 0 Å². The van der Waals surface area contributed by atoms with E-state index in [0.717, 1.165) is 5.56 Å². The van der Waals surface area contributed by atoms with Crippen molar-refractivity contribution < 1.29 is 4.79 Å². The smallest absolute Gasteiger partial charge is 0.267 e. The number of hydrogen-bond acceptors (Lipinski definition) is 3. The molecule has 0 aromatic carbocycles. The van der Waals surface area contributed by atoms with E-state index in [1.54, 1.807) is 11.3 Å². The van der Waals surface area contributed by atoms with Gasteiger partial charge >= 0.3 is 0 Å². The second kappa shape index (κ2) is 8.98. The number of carbonyl (C=O) groups excluding carboxylic acids is 1. The average Bonchev–Trinajstić information content (AvgIpc) is 3.14. The first-order valence-corrected chi connectivity index (χ1v) is 11.0. The van der Waals surface area contributed by atoms with Gasteiger partial charge in [-0.05, 0) is 49.5 Å². The number of nitrogens with one attached hydrogen (secondary N) is 1. The van der Waals surface area contributed by atoms with Crippen molar-refractivity contribution in [2.45, 2.75) is 84.0 Å². The maximum Gasteiger partial charge on any atom is 0.272 e. The zero-order valence-corrected chi connectivity index (χ0v) is 16.5. The third kappa shape index (κ3) is 4.93. The first kappa shape index (κ1) is 18.6. The van der Waals surface area contributed by atoms with Gasteiger partial charge in [-0.2, -0.15) is 5.10 Å². The number of thiophene rings is 1. The van der Waals surface area contributed by atoms with Crippen molar-refractivity contribution in [2.75, 3.05) is 0 Å². The van der Waals surface area contributed by atoms with E-state index >= 15 is 0 Å². The molecular weight excluding hydrogens is 328 g/mol. The molecule has 2 aliphatic carbocycles. The fourth-order valence-electron chi connectivity index (χ4n) is 4.27. The largest absolute Gasteiger partial charge is 0.272 e. The number of amides is 1. The zero-order chi connectivity index (χ0) is 17.6. The number of carbonyl (C=O) groups is 1. The van der Waals surface area contributed by atoms with Crippen LogP contribution in [0.3, 0.4) is 0 Å². The Bertz CT molecular complexity index is 573. The summed E-state index contributed by atoms with van der Waals surface area (Å²) < 4.78 is 0. The van der Waals surface area contributed by atoms with Crippen LogP contribution in [0.1, 0.15) is 99.2 Å². The molecule has 2 saturated carbocycles. The van der Waals surface area contributed by atoms with Gasteiger partial charge < -0.3 is 0 Å². The summed E-state index contributed by atoms with van der Waals surface area (Å²) in [4.78, 5) is 13.8. The van der Waals surface area contributed by atoms with Crippen molar-refractivity contribution in [3.63, 3.8) is 0 Å². The lowest BCUT2D eigenvalue weighted by Crippen LogP contribution is -2.31. The van der Waals surface area contributed by atoms with Crippen LogP contribution >= 0.6 is 11.3 Å². The zero-order valence-electron chi connectivity index (χ0n) is 15.7. The molecule has 1 amide bonds. The van der Waals surface area contributed by atoms with Gasteiger partial charge in [-0.3, -0.25) is 4.79 Å². The molecule has 0 spiro atoms. The molecule has 4 heteroatoms. The number of rotatable bonds is 5. The van der Waals surface area contributed by atoms with Gasteiger partial charge in [0.25, 0.3) is 5.91 Å². The summed E-state index contributed by atoms with van der Waals surface area (Å²) in [6, 6.07) is 2.01. The lowest BCUT2D eigenvalue weighted by Gasteiger charge is -2.30. The second-order valence-corrected chi connectivity index (χ2v) is 8.98. The van der Waals surface area contributed by atoms with Crippen molar-refractivity contribution in [3.05, 3.63) is 21.9 Å². The minimum atomic E-state index is -0.0488. The minimum Gasteiger partial charge on any atom is -0.267 e. The molecule has 3 nitrogen and oxygen atoms in total. The highest BCUT2D eigenvalue weighted by Gasteiger charge is 2.28. The lowest BCUT2D eigenvalue weighted by molar-refractivity contribution is 0.0954. The predicted octanol–water partition coefficient (Wildman–Crippen LogP) is 6.12. The molecule has 2 fully saturated rings. The molecule has 3 rings (SSSR count). The van der Waals surface area contributed by atoms with Crippen LogP contribution in [-0.4, -0.2) is 11.6 Å². The van der Waals surface area contributed by atoms with Crippen LogP contribution in [0, 0.1) is 11.8 Å². The number of hydrogen-bond donors (Lipinski definition) is 1. The van der Waals surface area contributed by atoms with Crippen LogP contribution in [0.4, 0.5) is 0 Å². The molecule has 0 unspecified atom stereocenters. The Balaban J connectivity index is 1.71. The highest BCUT2D eigenvalue weighted by molar-refractivity contribution is 7.10. The molecule has 1 heterocycles. The SMILES string of the molecule is CC(C)c1cc(C(=O)NN=C(C2CCCCC2)C2CCCCC2)cs1. The van der Waals surface area contributed by atoms with Crippen LogP contribution in [-0.2, 0) is 0 Å². The lowest BCUT2D eigenvalue weighted by atomic mass is 9.76. The summed E-state index contributed by atoms with van der Waals surface area (Å²) in [6.45, 7) is 4.33. The van der Waals surface area contributed by atoms with Gasteiger partial charge in [0.2, 0.25) is 0 Å². The van der Waals surface area contributed by atoms with E-state index in [0.29, 0.717) is 17.8 Å². The van der Waals surface area contributed by atoms with Crippen molar-refractivity contribution in [2.24, 2.45) is 16.9 Å². The molecule has 2 aliphatic rings. The Morgan fingerprint density at radius 1 is 1.04 bits per heavy atom. The van der Waals surface area contributed by atoms with E-state index in [9.17, 15) is 4.79 Å². The monoisotopic (exact) mass is 360 g/mol. The first-order valence-electron chi connectivity index (χ1n) is 10.1. The summed E-state index contributed by atoms with van der Waals surface area (Å²) in [5.74, 6) is 1.60. The van der Waals surface area contributed by atoms with Crippen molar-refractivity contribution in [1.82, 2.24) is 5.43 Å². The van der Waals surface area contributed by atoms with Gasteiger partial charge in [-0.1, -0.05) is 52.4 Å². The quantitative estimate of drug-likeness (QED) is 0.499. The Hall–Kier alpha value is -1.16. The van der Waals surface area contributed by atoms with Crippen LogP contribution in [0.5, 0.6) is 0 Å². The van der Waals surface area contributed by atoms with Gasteiger partial charge in [-0.25, -0.2) is 5.43 Å². The summed E-state index contributed by atoms with van der Waals surface area (Å²) >= 11 is 1.67. The molecule has 138 valence electrons. The van der Waals surface area contributed by atoms with Crippen molar-refractivity contribution in [1.29, 1.82) is 0 Å². The van der Waals surface area contributed by atoms with Gasteiger partial charge in [0.05, 0.1) is 5.56 Å². The first-order chi connectivity index (χ1) is 12.1. The highest BCUT2D eigenvalue weighted by Crippen LogP contribution is 2.33. The van der Waals surface area contributed by atoms with Crippen molar-refractivity contribution in [3.8, 4) is 0 Å². The Morgan fingerprint density at radius 2 is 1.60 bits per heavy atom. The van der Waals surface area contributed by atoms with Gasteiger partial charge in [0.15, 0.2) is 0 Å². The number of nitrogens with zero attached hydrogens (tertiary/aromatic N) is 1. The van der Waals surface area contributed by atoms with Crippen LogP contribution in [0.15, 0.2) is 16.5 Å². The van der Waals surface area contributed by atoms with Gasteiger partial charge in [0.1, 0.15) is 0 Å². The van der Waals surface area contributed by atoms with E-state index in [1.165, 1.54) is 74.8 Å². The van der Waals surface area contributed by atoms with E-state index in [4.69, 9.17) is 5.10 Å². The van der Waals surface area contributed by atoms with Crippen LogP contribution in [0.25, 0.3) is 0 Å². The van der Waals surface area contributed by atoms with E-state index in [-0.39, 0.29) is 5.91 Å². The molecule has 1 aromatic heterocycles. The topological polar surface area (TPSA) is 41.5 Å². The van der Waals surface area contributed by atoms with Crippen molar-refractivity contribution >= 4 is 23.0 Å². The Morgan fingerprint density at radius 3 is 2.08 bits per heavy atom. The molecule has 0 saturated heterocycles. The highest BCUT2D eigenvalue weighted by atomic mass is 32.1. The minimum absolute atomic E-state index is 0.0488. The maximum absolute atomic E-state index is 12.5. The molecule has 0 radical (unpaired) electrons. The summed E-state index contributed by atoms with van der Waals surface area (Å²) in [5, 5.41) is 6.68. The standard InChI is InChI=1S/C21H32N2OS/c1-15(2)19-13-18(14-25-19)21(24)23-22-20(16-9-5-3-6-10-16)17-11-7-4-8-12-17/h13-17H,3-12H2,1-2H3,(H,23,24). The third-order valence-corrected chi connectivity index (χ3v) is 7.02. The Kier molecular flexibility index (Phi) is 6.69. The molecule has 0 bridgehead atoms. The van der Waals surface area contributed by atoms with E-state index in [1.807, 2.05) is 11.4 Å². The predicted molar refractivity (Wildman–Crippen MR) is 106 cm³/mol. The van der Waals surface area contributed by atoms with E-state index in [2.05, 4.69) is 19.3 Å². The average molecular weight is 361 g/mol.